The highest BCUT2D eigenvalue weighted by molar-refractivity contribution is 7.89. The summed E-state index contributed by atoms with van der Waals surface area (Å²) in [5, 5.41) is 2.55. The summed E-state index contributed by atoms with van der Waals surface area (Å²) in [4.78, 5) is 15.6. The fourth-order valence-corrected chi connectivity index (χ4v) is 2.91. The summed E-state index contributed by atoms with van der Waals surface area (Å²) in [7, 11) is -3.32. The number of hydrogen-bond donors (Lipinski definition) is 2. The highest BCUT2D eigenvalue weighted by Crippen LogP contribution is 2.25. The average Bonchev–Trinajstić information content (AvgIpc) is 2.37. The minimum absolute atomic E-state index is 0.0788. The number of carbonyl (C=O) groups excluding carboxylic acids is 1. The molecule has 2 N–H and O–H groups in total. The standard InChI is InChI=1S/C13H19N3O3S/c17-13(12-6-1-2-7-14-12)15-8-9-20(18,19)16-10-11-4-3-5-11/h1-2,6-7,11,16H,3-5,8-10H2,(H,15,17). The van der Waals surface area contributed by atoms with E-state index in [0.29, 0.717) is 12.5 Å². The molecule has 0 saturated heterocycles. The maximum Gasteiger partial charge on any atom is 0.269 e. The maximum atomic E-state index is 11.7. The molecule has 1 saturated carbocycles. The molecule has 0 radical (unpaired) electrons. The first-order valence-electron chi connectivity index (χ1n) is 6.73. The number of aromatic nitrogens is 1. The van der Waals surface area contributed by atoms with Crippen LogP contribution in [0.3, 0.4) is 0 Å². The van der Waals surface area contributed by atoms with E-state index in [0.717, 1.165) is 12.8 Å². The first-order chi connectivity index (χ1) is 9.57. The second-order valence-electron chi connectivity index (χ2n) is 4.94. The number of nitrogens with one attached hydrogen (secondary N) is 2. The fourth-order valence-electron chi connectivity index (χ4n) is 1.90. The molecule has 0 bridgehead atoms. The summed E-state index contributed by atoms with van der Waals surface area (Å²) in [6, 6.07) is 5.00. The maximum absolute atomic E-state index is 11.7. The van der Waals surface area contributed by atoms with Crippen molar-refractivity contribution in [1.29, 1.82) is 0 Å². The van der Waals surface area contributed by atoms with Gasteiger partial charge >= 0.3 is 0 Å². The van der Waals surface area contributed by atoms with Gasteiger partial charge in [-0.2, -0.15) is 0 Å². The quantitative estimate of drug-likeness (QED) is 0.768. The Morgan fingerprint density at radius 2 is 2.15 bits per heavy atom. The van der Waals surface area contributed by atoms with Crippen LogP contribution in [0, 0.1) is 5.92 Å². The third kappa shape index (κ3) is 4.57. The van der Waals surface area contributed by atoms with Crippen molar-refractivity contribution in [2.45, 2.75) is 19.3 Å². The van der Waals surface area contributed by atoms with Crippen molar-refractivity contribution in [2.75, 3.05) is 18.8 Å². The van der Waals surface area contributed by atoms with E-state index >= 15 is 0 Å². The minimum Gasteiger partial charge on any atom is -0.350 e. The lowest BCUT2D eigenvalue weighted by Crippen LogP contribution is -2.37. The molecule has 7 heteroatoms. The van der Waals surface area contributed by atoms with E-state index in [-0.39, 0.29) is 23.9 Å². The van der Waals surface area contributed by atoms with E-state index in [9.17, 15) is 13.2 Å². The molecule has 1 aliphatic carbocycles. The summed E-state index contributed by atoms with van der Waals surface area (Å²) < 4.78 is 26.0. The van der Waals surface area contributed by atoms with Gasteiger partial charge in [0.1, 0.15) is 5.69 Å². The van der Waals surface area contributed by atoms with E-state index in [2.05, 4.69) is 15.0 Å². The Bertz CT molecular complexity index is 541. The SMILES string of the molecule is O=C(NCCS(=O)(=O)NCC1CCC1)c1ccccn1. The molecule has 0 atom stereocenters. The van der Waals surface area contributed by atoms with Gasteiger partial charge in [-0.3, -0.25) is 9.78 Å². The van der Waals surface area contributed by atoms with Crippen LogP contribution in [0.4, 0.5) is 0 Å². The van der Waals surface area contributed by atoms with Crippen molar-refractivity contribution in [3.05, 3.63) is 30.1 Å². The molecule has 2 rings (SSSR count). The van der Waals surface area contributed by atoms with Crippen LogP contribution in [0.5, 0.6) is 0 Å². The number of rotatable bonds is 7. The van der Waals surface area contributed by atoms with Crippen LogP contribution in [-0.4, -0.2) is 38.2 Å². The number of hydrogen-bond acceptors (Lipinski definition) is 4. The smallest absolute Gasteiger partial charge is 0.269 e. The Labute approximate surface area is 119 Å². The van der Waals surface area contributed by atoms with Crippen molar-refractivity contribution in [1.82, 2.24) is 15.0 Å². The summed E-state index contributed by atoms with van der Waals surface area (Å²) in [5.41, 5.74) is 0.285. The number of carbonyl (C=O) groups is 1. The molecule has 0 aliphatic heterocycles. The van der Waals surface area contributed by atoms with Gasteiger partial charge in [-0.05, 0) is 30.9 Å². The van der Waals surface area contributed by atoms with E-state index < -0.39 is 10.0 Å². The molecular weight excluding hydrogens is 278 g/mol. The second kappa shape index (κ2) is 6.81. The Hall–Kier alpha value is -1.47. The number of nitrogens with zero attached hydrogens (tertiary/aromatic N) is 1. The predicted octanol–water partition coefficient (Wildman–Crippen LogP) is 0.531. The molecule has 1 amide bonds. The van der Waals surface area contributed by atoms with Gasteiger partial charge in [0.05, 0.1) is 5.75 Å². The van der Waals surface area contributed by atoms with Crippen molar-refractivity contribution in [2.24, 2.45) is 5.92 Å². The van der Waals surface area contributed by atoms with Gasteiger partial charge in [-0.15, -0.1) is 0 Å². The van der Waals surface area contributed by atoms with Crippen LogP contribution >= 0.6 is 0 Å². The number of sulfonamides is 1. The number of pyridine rings is 1. The average molecular weight is 297 g/mol. The predicted molar refractivity (Wildman–Crippen MR) is 75.7 cm³/mol. The van der Waals surface area contributed by atoms with Crippen molar-refractivity contribution >= 4 is 15.9 Å². The molecule has 1 fully saturated rings. The summed E-state index contributed by atoms with van der Waals surface area (Å²) in [6.07, 6.45) is 4.90. The van der Waals surface area contributed by atoms with Crippen LogP contribution in [-0.2, 0) is 10.0 Å². The lowest BCUT2D eigenvalue weighted by Gasteiger charge is -2.25. The Balaban J connectivity index is 1.70. The molecule has 20 heavy (non-hydrogen) atoms. The molecule has 0 aromatic carbocycles. The molecule has 1 aromatic heterocycles. The Kier molecular flexibility index (Phi) is 5.08. The molecule has 0 unspecified atom stereocenters. The lowest BCUT2D eigenvalue weighted by molar-refractivity contribution is 0.0951. The van der Waals surface area contributed by atoms with Crippen LogP contribution in [0.25, 0.3) is 0 Å². The molecule has 0 spiro atoms. The van der Waals surface area contributed by atoms with Crippen LogP contribution in [0.15, 0.2) is 24.4 Å². The van der Waals surface area contributed by atoms with E-state index in [1.165, 1.54) is 12.6 Å². The monoisotopic (exact) mass is 297 g/mol. The highest BCUT2D eigenvalue weighted by atomic mass is 32.2. The highest BCUT2D eigenvalue weighted by Gasteiger charge is 2.20. The first-order valence-corrected chi connectivity index (χ1v) is 8.38. The summed E-state index contributed by atoms with van der Waals surface area (Å²) >= 11 is 0. The third-order valence-electron chi connectivity index (χ3n) is 3.37. The van der Waals surface area contributed by atoms with Crippen LogP contribution in [0.2, 0.25) is 0 Å². The second-order valence-corrected chi connectivity index (χ2v) is 6.86. The zero-order chi connectivity index (χ0) is 14.4. The molecule has 1 aromatic rings. The summed E-state index contributed by atoms with van der Waals surface area (Å²) in [5.74, 6) is 0.00542. The third-order valence-corrected chi connectivity index (χ3v) is 4.72. The van der Waals surface area contributed by atoms with Gasteiger partial charge in [-0.1, -0.05) is 12.5 Å². The van der Waals surface area contributed by atoms with Crippen molar-refractivity contribution in [3.63, 3.8) is 0 Å². The largest absolute Gasteiger partial charge is 0.350 e. The Morgan fingerprint density at radius 3 is 2.75 bits per heavy atom. The lowest BCUT2D eigenvalue weighted by atomic mass is 9.86. The van der Waals surface area contributed by atoms with Gasteiger partial charge in [0.15, 0.2) is 0 Å². The van der Waals surface area contributed by atoms with Crippen LogP contribution in [0.1, 0.15) is 29.8 Å². The van der Waals surface area contributed by atoms with Gasteiger partial charge < -0.3 is 5.32 Å². The molecular formula is C13H19N3O3S. The van der Waals surface area contributed by atoms with Gasteiger partial charge in [0.25, 0.3) is 5.91 Å². The van der Waals surface area contributed by atoms with Crippen molar-refractivity contribution < 1.29 is 13.2 Å². The summed E-state index contributed by atoms with van der Waals surface area (Å²) in [6.45, 7) is 0.589. The first kappa shape index (κ1) is 14.9. The number of amides is 1. The molecule has 1 aliphatic rings. The van der Waals surface area contributed by atoms with E-state index in [1.54, 1.807) is 18.2 Å². The van der Waals surface area contributed by atoms with Gasteiger partial charge in [0, 0.05) is 19.3 Å². The zero-order valence-electron chi connectivity index (χ0n) is 11.2. The topological polar surface area (TPSA) is 88.2 Å². The normalized spacial score (nSPS) is 15.6. The Morgan fingerprint density at radius 1 is 1.35 bits per heavy atom. The van der Waals surface area contributed by atoms with Gasteiger partial charge in [0.2, 0.25) is 10.0 Å². The molecule has 110 valence electrons. The van der Waals surface area contributed by atoms with Crippen LogP contribution < -0.4 is 10.0 Å². The van der Waals surface area contributed by atoms with E-state index in [4.69, 9.17) is 0 Å². The van der Waals surface area contributed by atoms with Crippen molar-refractivity contribution in [3.8, 4) is 0 Å². The minimum atomic E-state index is -3.32. The molecule has 1 heterocycles. The van der Waals surface area contributed by atoms with E-state index in [1.807, 2.05) is 0 Å². The molecule has 6 nitrogen and oxygen atoms in total. The fraction of sp³-hybridized carbons (Fsp3) is 0.538. The van der Waals surface area contributed by atoms with Gasteiger partial charge in [-0.25, -0.2) is 13.1 Å². The zero-order valence-corrected chi connectivity index (χ0v) is 12.0.